The van der Waals surface area contributed by atoms with Crippen molar-refractivity contribution in [3.05, 3.63) is 108 Å². The van der Waals surface area contributed by atoms with Gasteiger partial charge in [-0.2, -0.15) is 0 Å². The van der Waals surface area contributed by atoms with Gasteiger partial charge in [0.15, 0.2) is 0 Å². The predicted molar refractivity (Wildman–Crippen MR) is 132 cm³/mol. The van der Waals surface area contributed by atoms with Crippen molar-refractivity contribution < 1.29 is 9.59 Å². The molecule has 0 aliphatic heterocycles. The first-order valence-electron chi connectivity index (χ1n) is 10.3. The number of benzene rings is 4. The third kappa shape index (κ3) is 4.35. The van der Waals surface area contributed by atoms with E-state index in [0.29, 0.717) is 27.0 Å². The molecule has 2 N–H and O–H groups in total. The van der Waals surface area contributed by atoms with Crippen LogP contribution in [0.25, 0.3) is 21.3 Å². The molecule has 0 aliphatic carbocycles. The number of para-hydroxylation sites is 1. The number of amides is 2. The van der Waals surface area contributed by atoms with Crippen LogP contribution >= 0.6 is 11.3 Å². The molecule has 1 heterocycles. The number of rotatable bonds is 5. The van der Waals surface area contributed by atoms with E-state index in [0.717, 1.165) is 16.3 Å². The summed E-state index contributed by atoms with van der Waals surface area (Å²) in [6.45, 7) is 0. The molecule has 7 heteroatoms. The minimum absolute atomic E-state index is 0.283. The fourth-order valence-corrected chi connectivity index (χ4v) is 4.28. The smallest absolute Gasteiger partial charge is 0.259 e. The molecule has 160 valence electrons. The maximum absolute atomic E-state index is 13.1. The van der Waals surface area contributed by atoms with Gasteiger partial charge in [-0.1, -0.05) is 90.2 Å². The van der Waals surface area contributed by atoms with Gasteiger partial charge in [-0.05, 0) is 29.0 Å². The van der Waals surface area contributed by atoms with E-state index in [4.69, 9.17) is 0 Å². The van der Waals surface area contributed by atoms with Crippen molar-refractivity contribution in [2.45, 2.75) is 0 Å². The molecule has 5 aromatic rings. The van der Waals surface area contributed by atoms with Crippen LogP contribution in [-0.2, 0) is 0 Å². The second kappa shape index (κ2) is 9.02. The molecule has 0 saturated carbocycles. The van der Waals surface area contributed by atoms with Crippen LogP contribution in [0.1, 0.15) is 20.7 Å². The van der Waals surface area contributed by atoms with Crippen LogP contribution < -0.4 is 10.6 Å². The van der Waals surface area contributed by atoms with Gasteiger partial charge in [-0.25, -0.2) is 0 Å². The summed E-state index contributed by atoms with van der Waals surface area (Å²) < 4.78 is 0. The van der Waals surface area contributed by atoms with Crippen molar-refractivity contribution in [3.8, 4) is 10.6 Å². The summed E-state index contributed by atoms with van der Waals surface area (Å²) in [6.07, 6.45) is 0. The van der Waals surface area contributed by atoms with Crippen LogP contribution in [0.4, 0.5) is 10.8 Å². The third-order valence-electron chi connectivity index (χ3n) is 5.12. The zero-order valence-electron chi connectivity index (χ0n) is 17.4. The standard InChI is InChI=1S/C26H18N4O2S/c31-23(20-15-8-12-17-9-4-5-13-19(17)20)27-22-16-7-6-14-21(22)24(32)28-26-30-29-25(33-26)18-10-2-1-3-11-18/h1-16H,(H,27,31)(H,28,30,32). The van der Waals surface area contributed by atoms with Crippen molar-refractivity contribution in [1.29, 1.82) is 0 Å². The van der Waals surface area contributed by atoms with Gasteiger partial charge in [-0.3, -0.25) is 14.9 Å². The summed E-state index contributed by atoms with van der Waals surface area (Å²) in [4.78, 5) is 26.0. The van der Waals surface area contributed by atoms with Crippen molar-refractivity contribution >= 4 is 44.7 Å². The molecule has 0 unspecified atom stereocenters. The molecule has 0 radical (unpaired) electrons. The molecule has 0 saturated heterocycles. The van der Waals surface area contributed by atoms with Crippen LogP contribution in [0.5, 0.6) is 0 Å². The van der Waals surface area contributed by atoms with E-state index in [-0.39, 0.29) is 11.8 Å². The Morgan fingerprint density at radius 3 is 2.18 bits per heavy atom. The normalized spacial score (nSPS) is 10.7. The predicted octanol–water partition coefficient (Wildman–Crippen LogP) is 5.86. The highest BCUT2D eigenvalue weighted by Gasteiger charge is 2.17. The summed E-state index contributed by atoms with van der Waals surface area (Å²) in [6, 6.07) is 29.8. The lowest BCUT2D eigenvalue weighted by Crippen LogP contribution is -2.18. The number of carbonyl (C=O) groups is 2. The van der Waals surface area contributed by atoms with Crippen molar-refractivity contribution in [2.24, 2.45) is 0 Å². The van der Waals surface area contributed by atoms with E-state index >= 15 is 0 Å². The van der Waals surface area contributed by atoms with Crippen molar-refractivity contribution in [2.75, 3.05) is 10.6 Å². The molecule has 6 nitrogen and oxygen atoms in total. The molecule has 4 aromatic carbocycles. The lowest BCUT2D eigenvalue weighted by atomic mass is 10.0. The van der Waals surface area contributed by atoms with Gasteiger partial charge in [0, 0.05) is 11.1 Å². The van der Waals surface area contributed by atoms with Gasteiger partial charge < -0.3 is 5.32 Å². The summed E-state index contributed by atoms with van der Waals surface area (Å²) in [7, 11) is 0. The average Bonchev–Trinajstić information content (AvgIpc) is 3.33. The van der Waals surface area contributed by atoms with Gasteiger partial charge >= 0.3 is 0 Å². The van der Waals surface area contributed by atoms with Crippen LogP contribution in [0, 0.1) is 0 Å². The molecular formula is C26H18N4O2S. The fraction of sp³-hybridized carbons (Fsp3) is 0. The van der Waals surface area contributed by atoms with Gasteiger partial charge in [0.05, 0.1) is 11.3 Å². The molecule has 33 heavy (non-hydrogen) atoms. The second-order valence-electron chi connectivity index (χ2n) is 7.26. The van der Waals surface area contributed by atoms with E-state index < -0.39 is 0 Å². The Morgan fingerprint density at radius 2 is 1.30 bits per heavy atom. The van der Waals surface area contributed by atoms with Crippen molar-refractivity contribution in [3.63, 3.8) is 0 Å². The minimum Gasteiger partial charge on any atom is -0.321 e. The minimum atomic E-state index is -0.375. The Labute approximate surface area is 193 Å². The summed E-state index contributed by atoms with van der Waals surface area (Å²) >= 11 is 1.29. The number of hydrogen-bond acceptors (Lipinski definition) is 5. The molecule has 5 rings (SSSR count). The largest absolute Gasteiger partial charge is 0.321 e. The number of anilines is 2. The zero-order valence-corrected chi connectivity index (χ0v) is 18.2. The van der Waals surface area contributed by atoms with E-state index in [9.17, 15) is 9.59 Å². The van der Waals surface area contributed by atoms with Crippen LogP contribution in [0.3, 0.4) is 0 Å². The van der Waals surface area contributed by atoms with Gasteiger partial charge in [-0.15, -0.1) is 10.2 Å². The highest BCUT2D eigenvalue weighted by molar-refractivity contribution is 7.18. The number of nitrogens with one attached hydrogen (secondary N) is 2. The molecule has 0 atom stereocenters. The Hall–Kier alpha value is -4.36. The summed E-state index contributed by atoms with van der Waals surface area (Å²) in [5.41, 5.74) is 2.22. The van der Waals surface area contributed by atoms with E-state index in [1.807, 2.05) is 66.7 Å². The Morgan fingerprint density at radius 1 is 0.636 bits per heavy atom. The van der Waals surface area contributed by atoms with E-state index in [1.54, 1.807) is 30.3 Å². The number of nitrogens with zero attached hydrogens (tertiary/aromatic N) is 2. The van der Waals surface area contributed by atoms with Crippen LogP contribution in [-0.4, -0.2) is 22.0 Å². The van der Waals surface area contributed by atoms with Gasteiger partial charge in [0.1, 0.15) is 5.01 Å². The maximum Gasteiger partial charge on any atom is 0.259 e. The maximum atomic E-state index is 13.1. The molecule has 2 amide bonds. The number of carbonyl (C=O) groups excluding carboxylic acids is 2. The fourth-order valence-electron chi connectivity index (χ4n) is 3.54. The van der Waals surface area contributed by atoms with Gasteiger partial charge in [0.2, 0.25) is 5.13 Å². The quantitative estimate of drug-likeness (QED) is 0.351. The molecular weight excluding hydrogens is 432 g/mol. The first-order chi connectivity index (χ1) is 16.2. The third-order valence-corrected chi connectivity index (χ3v) is 6.01. The highest BCUT2D eigenvalue weighted by Crippen LogP contribution is 2.27. The van der Waals surface area contributed by atoms with Crippen LogP contribution in [0.15, 0.2) is 97.1 Å². The first-order valence-corrected chi connectivity index (χ1v) is 11.1. The topological polar surface area (TPSA) is 84.0 Å². The zero-order chi connectivity index (χ0) is 22.6. The average molecular weight is 451 g/mol. The SMILES string of the molecule is O=C(Nc1nnc(-c2ccccc2)s1)c1ccccc1NC(=O)c1cccc2ccccc12. The van der Waals surface area contributed by atoms with E-state index in [1.165, 1.54) is 11.3 Å². The monoisotopic (exact) mass is 450 g/mol. The molecule has 1 aromatic heterocycles. The Bertz CT molecular complexity index is 1460. The number of aromatic nitrogens is 2. The summed E-state index contributed by atoms with van der Waals surface area (Å²) in [5, 5.41) is 16.8. The lowest BCUT2D eigenvalue weighted by Gasteiger charge is -2.12. The number of fused-ring (bicyclic) bond motifs is 1. The Balaban J connectivity index is 1.37. The first kappa shape index (κ1) is 20.5. The highest BCUT2D eigenvalue weighted by atomic mass is 32.1. The number of hydrogen-bond donors (Lipinski definition) is 2. The molecule has 0 aliphatic rings. The lowest BCUT2D eigenvalue weighted by molar-refractivity contribution is 0.102. The van der Waals surface area contributed by atoms with Gasteiger partial charge in [0.25, 0.3) is 11.8 Å². The molecule has 0 spiro atoms. The molecule has 0 fully saturated rings. The van der Waals surface area contributed by atoms with Crippen LogP contribution in [0.2, 0.25) is 0 Å². The molecule has 0 bridgehead atoms. The second-order valence-corrected chi connectivity index (χ2v) is 8.24. The Kier molecular flexibility index (Phi) is 5.61. The van der Waals surface area contributed by atoms with Crippen molar-refractivity contribution in [1.82, 2.24) is 10.2 Å². The summed E-state index contributed by atoms with van der Waals surface area (Å²) in [5.74, 6) is -0.658. The van der Waals surface area contributed by atoms with E-state index in [2.05, 4.69) is 20.8 Å².